The maximum absolute atomic E-state index is 11.9. The number of benzene rings is 1. The smallest absolute Gasteiger partial charge is 0.293 e. The Morgan fingerprint density at radius 3 is 2.74 bits per heavy atom. The zero-order chi connectivity index (χ0) is 16.5. The van der Waals surface area contributed by atoms with Crippen LogP contribution in [-0.4, -0.2) is 27.8 Å². The van der Waals surface area contributed by atoms with E-state index in [-0.39, 0.29) is 11.9 Å². The first kappa shape index (κ1) is 16.8. The average Bonchev–Trinajstić information content (AvgIpc) is 3.20. The second-order valence-electron chi connectivity index (χ2n) is 4.66. The zero-order valence-electron chi connectivity index (χ0n) is 12.5. The summed E-state index contributed by atoms with van der Waals surface area (Å²) >= 11 is 1.54. The van der Waals surface area contributed by atoms with E-state index in [1.807, 2.05) is 18.4 Å². The van der Waals surface area contributed by atoms with Gasteiger partial charge >= 0.3 is 0 Å². The zero-order valence-corrected chi connectivity index (χ0v) is 13.3. The maximum atomic E-state index is 11.9. The van der Waals surface area contributed by atoms with Gasteiger partial charge in [0.2, 0.25) is 0 Å². The minimum absolute atomic E-state index is 0.151. The van der Waals surface area contributed by atoms with Gasteiger partial charge in [0.1, 0.15) is 22.6 Å². The number of carbonyl (C=O) groups is 1. The summed E-state index contributed by atoms with van der Waals surface area (Å²) < 4.78 is 16.7. The summed E-state index contributed by atoms with van der Waals surface area (Å²) in [6.07, 6.45) is 2.21. The molecule has 3 aromatic rings. The summed E-state index contributed by atoms with van der Waals surface area (Å²) in [7, 11) is 0. The molecule has 0 fully saturated rings. The first-order valence-electron chi connectivity index (χ1n) is 6.93. The molecule has 0 aliphatic carbocycles. The molecule has 0 aliphatic heterocycles. The lowest BCUT2D eigenvalue weighted by Gasteiger charge is -2.06. The Labute approximate surface area is 137 Å². The van der Waals surface area contributed by atoms with E-state index < -0.39 is 0 Å². The fourth-order valence-electron chi connectivity index (χ4n) is 1.79. The van der Waals surface area contributed by atoms with Crippen LogP contribution in [0.5, 0.6) is 0 Å². The number of nitrogens with zero attached hydrogens (tertiary/aromatic N) is 2. The van der Waals surface area contributed by atoms with Gasteiger partial charge in [0, 0.05) is 23.7 Å². The van der Waals surface area contributed by atoms with Crippen LogP contribution in [0.1, 0.15) is 12.6 Å². The van der Waals surface area contributed by atoms with Crippen molar-refractivity contribution >= 4 is 17.8 Å². The van der Waals surface area contributed by atoms with Crippen LogP contribution in [0.2, 0.25) is 0 Å². The van der Waals surface area contributed by atoms with Gasteiger partial charge < -0.3 is 4.74 Å². The summed E-state index contributed by atoms with van der Waals surface area (Å²) in [5.41, 5.74) is 1.75. The van der Waals surface area contributed by atoms with Gasteiger partial charge in [0.15, 0.2) is 0 Å². The number of halogens is 1. The molecule has 0 saturated carbocycles. The predicted molar refractivity (Wildman–Crippen MR) is 86.4 cm³/mol. The third-order valence-electron chi connectivity index (χ3n) is 2.81. The van der Waals surface area contributed by atoms with E-state index in [1.54, 1.807) is 24.4 Å². The largest absolute Gasteiger partial charge is 0.464 e. The lowest BCUT2D eigenvalue weighted by Crippen LogP contribution is -2.10. The van der Waals surface area contributed by atoms with Gasteiger partial charge in [-0.2, -0.15) is 5.10 Å². The van der Waals surface area contributed by atoms with Crippen molar-refractivity contribution in [2.45, 2.75) is 19.4 Å². The van der Waals surface area contributed by atoms with Crippen molar-refractivity contribution < 1.29 is 13.9 Å². The highest BCUT2D eigenvalue weighted by Crippen LogP contribution is 2.20. The number of rotatable bonds is 5. The summed E-state index contributed by atoms with van der Waals surface area (Å²) in [4.78, 5) is 14.3. The van der Waals surface area contributed by atoms with Crippen LogP contribution in [-0.2, 0) is 16.0 Å². The maximum Gasteiger partial charge on any atom is 0.293 e. The first-order chi connectivity index (χ1) is 11.2. The SMILES string of the molecule is CC(Cc1cc(-c2nccs2)n[nH]1)OC=O.Fc1ccccc1. The highest BCUT2D eigenvalue weighted by Gasteiger charge is 2.09. The van der Waals surface area contributed by atoms with E-state index in [0.717, 1.165) is 16.4 Å². The molecule has 5 nitrogen and oxygen atoms in total. The van der Waals surface area contributed by atoms with Crippen molar-refractivity contribution in [2.75, 3.05) is 0 Å². The van der Waals surface area contributed by atoms with E-state index in [9.17, 15) is 9.18 Å². The van der Waals surface area contributed by atoms with Crippen molar-refractivity contribution in [3.05, 3.63) is 59.5 Å². The Balaban J connectivity index is 0.000000229. The summed E-state index contributed by atoms with van der Waals surface area (Å²) in [6.45, 7) is 2.29. The van der Waals surface area contributed by atoms with Gasteiger partial charge in [-0.05, 0) is 25.1 Å². The first-order valence-corrected chi connectivity index (χ1v) is 7.81. The molecular formula is C16H16FN3O2S. The molecule has 0 aliphatic rings. The van der Waals surface area contributed by atoms with Crippen LogP contribution in [0.15, 0.2) is 48.0 Å². The van der Waals surface area contributed by atoms with Gasteiger partial charge in [-0.3, -0.25) is 9.89 Å². The fraction of sp³-hybridized carbons (Fsp3) is 0.188. The van der Waals surface area contributed by atoms with Crippen molar-refractivity contribution in [1.29, 1.82) is 0 Å². The highest BCUT2D eigenvalue weighted by atomic mass is 32.1. The molecule has 2 aromatic heterocycles. The molecule has 1 atom stereocenters. The topological polar surface area (TPSA) is 67.9 Å². The number of carbonyl (C=O) groups excluding carboxylic acids is 1. The van der Waals surface area contributed by atoms with Gasteiger partial charge in [0.25, 0.3) is 6.47 Å². The summed E-state index contributed by atoms with van der Waals surface area (Å²) in [5, 5.41) is 9.84. The summed E-state index contributed by atoms with van der Waals surface area (Å²) in [5.74, 6) is -0.178. The average molecular weight is 333 g/mol. The molecule has 7 heteroatoms. The Bertz CT molecular complexity index is 701. The quantitative estimate of drug-likeness (QED) is 0.726. The number of aromatic amines is 1. The number of hydrogen-bond donors (Lipinski definition) is 1. The van der Waals surface area contributed by atoms with Crippen LogP contribution >= 0.6 is 11.3 Å². The third-order valence-corrected chi connectivity index (χ3v) is 3.61. The van der Waals surface area contributed by atoms with Crippen LogP contribution in [0.25, 0.3) is 10.7 Å². The molecule has 0 saturated heterocycles. The van der Waals surface area contributed by atoms with Crippen LogP contribution in [0.4, 0.5) is 4.39 Å². The number of thiazole rings is 1. The van der Waals surface area contributed by atoms with Gasteiger partial charge in [-0.25, -0.2) is 9.37 Å². The lowest BCUT2D eigenvalue weighted by molar-refractivity contribution is -0.132. The molecular weight excluding hydrogens is 317 g/mol. The fourth-order valence-corrected chi connectivity index (χ4v) is 2.39. The molecule has 1 unspecified atom stereocenters. The molecule has 23 heavy (non-hydrogen) atoms. The lowest BCUT2D eigenvalue weighted by atomic mass is 10.2. The standard InChI is InChI=1S/C10H11N3O2S.C6H5F/c1-7(15-6-14)4-8-5-9(13-12-8)10-11-2-3-16-10;7-6-4-2-1-3-5-6/h2-3,5-7H,4H2,1H3,(H,12,13);1-5H. The van der Waals surface area contributed by atoms with E-state index in [0.29, 0.717) is 12.9 Å². The Kier molecular flexibility index (Phi) is 6.43. The summed E-state index contributed by atoms with van der Waals surface area (Å²) in [6, 6.07) is 9.86. The number of H-pyrrole nitrogens is 1. The Morgan fingerprint density at radius 2 is 2.17 bits per heavy atom. The molecule has 0 amide bonds. The van der Waals surface area contributed by atoms with Crippen molar-refractivity contribution in [1.82, 2.24) is 15.2 Å². The van der Waals surface area contributed by atoms with Crippen LogP contribution in [0, 0.1) is 5.82 Å². The van der Waals surface area contributed by atoms with E-state index in [1.165, 1.54) is 23.5 Å². The molecule has 1 N–H and O–H groups in total. The van der Waals surface area contributed by atoms with Crippen molar-refractivity contribution in [3.8, 4) is 10.7 Å². The second-order valence-corrected chi connectivity index (χ2v) is 5.55. The molecule has 0 bridgehead atoms. The van der Waals surface area contributed by atoms with E-state index >= 15 is 0 Å². The molecule has 120 valence electrons. The molecule has 0 radical (unpaired) electrons. The molecule has 1 aromatic carbocycles. The third kappa shape index (κ3) is 5.63. The van der Waals surface area contributed by atoms with Crippen molar-refractivity contribution in [2.24, 2.45) is 0 Å². The van der Waals surface area contributed by atoms with Crippen LogP contribution < -0.4 is 0 Å². The predicted octanol–water partition coefficient (Wildman–Crippen LogP) is 3.46. The van der Waals surface area contributed by atoms with Gasteiger partial charge in [0.05, 0.1) is 0 Å². The molecule has 2 heterocycles. The number of aromatic nitrogens is 3. The van der Waals surface area contributed by atoms with E-state index in [2.05, 4.69) is 15.2 Å². The highest BCUT2D eigenvalue weighted by molar-refractivity contribution is 7.13. The molecule has 0 spiro atoms. The monoisotopic (exact) mass is 333 g/mol. The van der Waals surface area contributed by atoms with Gasteiger partial charge in [-0.15, -0.1) is 11.3 Å². The minimum atomic E-state index is -0.178. The van der Waals surface area contributed by atoms with Crippen molar-refractivity contribution in [3.63, 3.8) is 0 Å². The van der Waals surface area contributed by atoms with Crippen LogP contribution in [0.3, 0.4) is 0 Å². The second kappa shape index (κ2) is 8.79. The number of nitrogens with one attached hydrogen (secondary N) is 1. The Morgan fingerprint density at radius 1 is 1.39 bits per heavy atom. The number of hydrogen-bond acceptors (Lipinski definition) is 5. The normalized spacial score (nSPS) is 11.2. The minimum Gasteiger partial charge on any atom is -0.464 e. The van der Waals surface area contributed by atoms with Gasteiger partial charge in [-0.1, -0.05) is 18.2 Å². The molecule has 3 rings (SSSR count). The van der Waals surface area contributed by atoms with E-state index in [4.69, 9.17) is 4.74 Å². The Hall–Kier alpha value is -2.54. The number of ether oxygens (including phenoxy) is 1.